The van der Waals surface area contributed by atoms with Crippen LogP contribution in [0.25, 0.3) is 0 Å². The number of carbonyl (C=O) groups excluding carboxylic acids is 1. The fourth-order valence-corrected chi connectivity index (χ4v) is 3.18. The van der Waals surface area contributed by atoms with E-state index in [2.05, 4.69) is 20.4 Å². The topological polar surface area (TPSA) is 75.2 Å². The molecule has 1 amide bonds. The van der Waals surface area contributed by atoms with Gasteiger partial charge in [0.1, 0.15) is 5.75 Å². The number of benzene rings is 1. The molecule has 7 nitrogen and oxygen atoms in total. The van der Waals surface area contributed by atoms with Crippen LogP contribution in [-0.2, 0) is 11.3 Å². The van der Waals surface area contributed by atoms with E-state index in [1.807, 2.05) is 6.92 Å². The number of aliphatic imine (C=N–C) groups is 1. The zero-order chi connectivity index (χ0) is 21.2. The smallest absolute Gasteiger partial charge is 0.409 e. The van der Waals surface area contributed by atoms with Gasteiger partial charge in [0.05, 0.1) is 13.2 Å². The van der Waals surface area contributed by atoms with Gasteiger partial charge in [-0.3, -0.25) is 0 Å². The van der Waals surface area contributed by atoms with Crippen LogP contribution < -0.4 is 15.4 Å². The molecule has 1 aromatic carbocycles. The molecule has 1 aromatic rings. The number of rotatable bonds is 7. The van der Waals surface area contributed by atoms with Crippen molar-refractivity contribution in [3.8, 4) is 5.75 Å². The van der Waals surface area contributed by atoms with Crippen LogP contribution in [0.3, 0.4) is 0 Å². The summed E-state index contributed by atoms with van der Waals surface area (Å²) in [5.74, 6) is 0.608. The summed E-state index contributed by atoms with van der Waals surface area (Å²) in [7, 11) is 0. The van der Waals surface area contributed by atoms with Crippen LogP contribution in [0, 0.1) is 0 Å². The molecule has 1 aliphatic heterocycles. The molecule has 2 rings (SSSR count). The molecule has 0 bridgehead atoms. The van der Waals surface area contributed by atoms with E-state index in [0.29, 0.717) is 42.8 Å². The van der Waals surface area contributed by atoms with Gasteiger partial charge in [0.2, 0.25) is 0 Å². The van der Waals surface area contributed by atoms with E-state index in [1.54, 1.807) is 17.9 Å². The lowest BCUT2D eigenvalue weighted by Crippen LogP contribution is -2.49. The van der Waals surface area contributed by atoms with Crippen LogP contribution in [0.15, 0.2) is 23.2 Å². The van der Waals surface area contributed by atoms with E-state index in [9.17, 15) is 13.6 Å². The lowest BCUT2D eigenvalue weighted by atomic mass is 10.1. The molecule has 0 aromatic heterocycles. The third kappa shape index (κ3) is 8.66. The van der Waals surface area contributed by atoms with Crippen molar-refractivity contribution in [2.45, 2.75) is 45.9 Å². The highest BCUT2D eigenvalue weighted by Crippen LogP contribution is 2.25. The molecule has 170 valence electrons. The molecule has 2 N–H and O–H groups in total. The monoisotopic (exact) mass is 560 g/mol. The Labute approximate surface area is 197 Å². The van der Waals surface area contributed by atoms with Crippen LogP contribution in [0.1, 0.15) is 32.3 Å². The molecular weight excluding hydrogens is 533 g/mol. The second kappa shape index (κ2) is 13.7. The van der Waals surface area contributed by atoms with E-state index >= 15 is 0 Å². The Balaban J connectivity index is 0.00000450. The quantitative estimate of drug-likeness (QED) is 0.297. The van der Waals surface area contributed by atoms with Gasteiger partial charge in [-0.05, 0) is 44.9 Å². The fourth-order valence-electron chi connectivity index (χ4n) is 2.98. The van der Waals surface area contributed by atoms with Crippen molar-refractivity contribution in [2.75, 3.05) is 26.2 Å². The number of nitrogens with one attached hydrogen (secondary N) is 2. The zero-order valence-electron chi connectivity index (χ0n) is 17.0. The first kappa shape index (κ1) is 26.5. The molecule has 0 atom stereocenters. The predicted molar refractivity (Wildman–Crippen MR) is 123 cm³/mol. The van der Waals surface area contributed by atoms with Gasteiger partial charge in [-0.2, -0.15) is 8.78 Å². The maximum absolute atomic E-state index is 12.6. The average molecular weight is 561 g/mol. The SMILES string of the molecule is CCNC(=NCc1cc(Cl)ccc1OC(F)F)NC1CCN(C(=O)OCC)CC1.I. The van der Waals surface area contributed by atoms with Crippen molar-refractivity contribution in [1.29, 1.82) is 0 Å². The van der Waals surface area contributed by atoms with Crippen LogP contribution >= 0.6 is 35.6 Å². The standard InChI is InChI=1S/C19H27ClF2N4O3.HI/c1-3-23-18(25-15-7-9-26(10-8-15)19(27)28-4-2)24-12-13-11-14(20)5-6-16(13)29-17(21)22;/h5-6,11,15,17H,3-4,7-10,12H2,1-2H3,(H2,23,24,25);1H. The molecule has 30 heavy (non-hydrogen) atoms. The molecule has 0 spiro atoms. The first-order chi connectivity index (χ1) is 13.9. The highest BCUT2D eigenvalue weighted by molar-refractivity contribution is 14.0. The maximum atomic E-state index is 12.6. The van der Waals surface area contributed by atoms with Gasteiger partial charge >= 0.3 is 12.7 Å². The molecule has 1 fully saturated rings. The summed E-state index contributed by atoms with van der Waals surface area (Å²) in [4.78, 5) is 18.0. The Morgan fingerprint density at radius 3 is 2.63 bits per heavy atom. The number of likely N-dealkylation sites (tertiary alicyclic amines) is 1. The Morgan fingerprint density at radius 2 is 2.03 bits per heavy atom. The number of nitrogens with zero attached hydrogens (tertiary/aromatic N) is 2. The van der Waals surface area contributed by atoms with E-state index in [0.717, 1.165) is 12.8 Å². The number of carbonyl (C=O) groups is 1. The Morgan fingerprint density at radius 1 is 1.33 bits per heavy atom. The molecule has 11 heteroatoms. The molecule has 0 radical (unpaired) electrons. The minimum Gasteiger partial charge on any atom is -0.450 e. The van der Waals surface area contributed by atoms with Gasteiger partial charge < -0.3 is 25.0 Å². The summed E-state index contributed by atoms with van der Waals surface area (Å²) in [6.07, 6.45) is 1.21. The minimum absolute atomic E-state index is 0. The highest BCUT2D eigenvalue weighted by Gasteiger charge is 2.24. The van der Waals surface area contributed by atoms with E-state index < -0.39 is 6.61 Å². The van der Waals surface area contributed by atoms with E-state index in [4.69, 9.17) is 16.3 Å². The first-order valence-electron chi connectivity index (χ1n) is 9.62. The summed E-state index contributed by atoms with van der Waals surface area (Å²) in [5, 5.41) is 6.89. The Hall–Kier alpha value is -1.56. The molecule has 1 heterocycles. The lowest BCUT2D eigenvalue weighted by molar-refractivity contribution is -0.0504. The molecule has 1 aliphatic rings. The average Bonchev–Trinajstić information content (AvgIpc) is 2.68. The van der Waals surface area contributed by atoms with Crippen molar-refractivity contribution in [1.82, 2.24) is 15.5 Å². The third-order valence-electron chi connectivity index (χ3n) is 4.35. The number of alkyl halides is 2. The summed E-state index contributed by atoms with van der Waals surface area (Å²) in [6, 6.07) is 4.59. The number of halogens is 4. The molecule has 0 saturated carbocycles. The van der Waals surface area contributed by atoms with Crippen molar-refractivity contribution in [3.05, 3.63) is 28.8 Å². The number of hydrogen-bond donors (Lipinski definition) is 2. The minimum atomic E-state index is -2.92. The zero-order valence-corrected chi connectivity index (χ0v) is 20.1. The maximum Gasteiger partial charge on any atom is 0.409 e. The number of ether oxygens (including phenoxy) is 2. The second-order valence-corrected chi connectivity index (χ2v) is 6.87. The van der Waals surface area contributed by atoms with Gasteiger partial charge in [-0.1, -0.05) is 11.6 Å². The first-order valence-corrected chi connectivity index (χ1v) is 10.0. The van der Waals surface area contributed by atoms with Crippen LogP contribution in [0.4, 0.5) is 13.6 Å². The fraction of sp³-hybridized carbons (Fsp3) is 0.579. The van der Waals surface area contributed by atoms with Crippen LogP contribution in [-0.4, -0.2) is 55.8 Å². The summed E-state index contributed by atoms with van der Waals surface area (Å²) >= 11 is 5.98. The van der Waals surface area contributed by atoms with E-state index in [1.165, 1.54) is 12.1 Å². The Bertz CT molecular complexity index is 704. The number of guanidine groups is 1. The van der Waals surface area contributed by atoms with Crippen molar-refractivity contribution < 1.29 is 23.0 Å². The summed E-state index contributed by atoms with van der Waals surface area (Å²) < 4.78 is 34.8. The number of piperidine rings is 1. The van der Waals surface area contributed by atoms with Gasteiger partial charge in [0, 0.05) is 36.3 Å². The molecule has 1 saturated heterocycles. The molecule has 0 unspecified atom stereocenters. The Kier molecular flexibility index (Phi) is 12.1. The summed E-state index contributed by atoms with van der Waals surface area (Å²) in [6.45, 7) is 3.11. The van der Waals surface area contributed by atoms with Crippen molar-refractivity contribution in [2.24, 2.45) is 4.99 Å². The van der Waals surface area contributed by atoms with E-state index in [-0.39, 0.29) is 48.4 Å². The second-order valence-electron chi connectivity index (χ2n) is 6.43. The normalized spacial score (nSPS) is 14.9. The van der Waals surface area contributed by atoms with Gasteiger partial charge in [0.25, 0.3) is 0 Å². The lowest BCUT2D eigenvalue weighted by Gasteiger charge is -2.32. The molecule has 0 aliphatic carbocycles. The predicted octanol–water partition coefficient (Wildman–Crippen LogP) is 4.24. The third-order valence-corrected chi connectivity index (χ3v) is 4.59. The highest BCUT2D eigenvalue weighted by atomic mass is 127. The van der Waals surface area contributed by atoms with Gasteiger partial charge in [-0.15, -0.1) is 24.0 Å². The van der Waals surface area contributed by atoms with Gasteiger partial charge in [0.15, 0.2) is 5.96 Å². The van der Waals surface area contributed by atoms with Crippen LogP contribution in [0.5, 0.6) is 5.75 Å². The van der Waals surface area contributed by atoms with Crippen molar-refractivity contribution in [3.63, 3.8) is 0 Å². The van der Waals surface area contributed by atoms with Gasteiger partial charge in [-0.25, -0.2) is 9.79 Å². The van der Waals surface area contributed by atoms with Crippen LogP contribution in [0.2, 0.25) is 5.02 Å². The number of amides is 1. The molecular formula is C19H28ClF2IN4O3. The van der Waals surface area contributed by atoms with Crippen molar-refractivity contribution >= 4 is 47.6 Å². The number of hydrogen-bond acceptors (Lipinski definition) is 4. The summed E-state index contributed by atoms with van der Waals surface area (Å²) in [5.41, 5.74) is 0.465. The largest absolute Gasteiger partial charge is 0.450 e.